The smallest absolute Gasteiger partial charge is 0.192 e. The van der Waals surface area contributed by atoms with Gasteiger partial charge in [-0.25, -0.2) is 0 Å². The topological polar surface area (TPSA) is 35.3 Å². The molecule has 19 heavy (non-hydrogen) atoms. The zero-order chi connectivity index (χ0) is 14.3. The number of aromatic nitrogens is 1. The molecule has 5 heteroatoms. The molecule has 2 heterocycles. The maximum atomic E-state index is 6.16. The van der Waals surface area contributed by atoms with E-state index in [4.69, 9.17) is 8.84 Å². The highest BCUT2D eigenvalue weighted by atomic mass is 127. The number of hydrogen-bond acceptors (Lipinski definition) is 3. The molecular weight excluding hydrogens is 369 g/mol. The molecule has 0 aliphatic heterocycles. The van der Waals surface area contributed by atoms with Crippen LogP contribution in [0.4, 0.5) is 0 Å². The largest absolute Gasteiger partial charge is 0.457 e. The first-order valence-electron chi connectivity index (χ1n) is 6.37. The Morgan fingerprint density at radius 1 is 1.32 bits per heavy atom. The molecule has 0 saturated heterocycles. The Bertz CT molecular complexity index is 587. The van der Waals surface area contributed by atoms with Gasteiger partial charge in [0.1, 0.15) is 11.3 Å². The summed E-state index contributed by atoms with van der Waals surface area (Å²) in [6, 6.07) is 3.97. The van der Waals surface area contributed by atoms with E-state index in [1.807, 2.05) is 18.3 Å². The lowest BCUT2D eigenvalue weighted by Gasteiger charge is -2.35. The van der Waals surface area contributed by atoms with E-state index in [0.29, 0.717) is 6.61 Å². The van der Waals surface area contributed by atoms with Gasteiger partial charge < -0.3 is 8.84 Å². The first kappa shape index (κ1) is 15.0. The van der Waals surface area contributed by atoms with Crippen molar-refractivity contribution in [2.45, 2.75) is 45.5 Å². The van der Waals surface area contributed by atoms with Crippen LogP contribution >= 0.6 is 22.6 Å². The number of rotatable bonds is 3. The van der Waals surface area contributed by atoms with Crippen LogP contribution in [0.25, 0.3) is 11.1 Å². The van der Waals surface area contributed by atoms with Crippen molar-refractivity contribution in [3.05, 3.63) is 27.7 Å². The third kappa shape index (κ3) is 3.38. The Hall–Kier alpha value is -0.403. The molecule has 0 aromatic carbocycles. The summed E-state index contributed by atoms with van der Waals surface area (Å²) >= 11 is 2.23. The summed E-state index contributed by atoms with van der Waals surface area (Å²) in [7, 11) is -1.73. The second kappa shape index (κ2) is 5.18. The second-order valence-corrected chi connectivity index (χ2v) is 12.4. The molecule has 0 aliphatic rings. The predicted octanol–water partition coefficient (Wildman–Crippen LogP) is 4.95. The van der Waals surface area contributed by atoms with Gasteiger partial charge in [0.05, 0.1) is 6.61 Å². The first-order valence-corrected chi connectivity index (χ1v) is 10.4. The predicted molar refractivity (Wildman–Crippen MR) is 88.7 cm³/mol. The molecule has 0 aliphatic carbocycles. The average Bonchev–Trinajstić information content (AvgIpc) is 2.67. The van der Waals surface area contributed by atoms with Gasteiger partial charge in [0.2, 0.25) is 0 Å². The SMILES string of the molecule is CC(C)(C)[Si](C)(C)OCc1cc2ncc(I)cc2o1. The molecule has 0 radical (unpaired) electrons. The van der Waals surface area contributed by atoms with Crippen molar-refractivity contribution in [2.75, 3.05) is 0 Å². The molecule has 0 bridgehead atoms. The summed E-state index contributed by atoms with van der Waals surface area (Å²) in [5, 5.41) is 0.215. The maximum Gasteiger partial charge on any atom is 0.192 e. The zero-order valence-electron chi connectivity index (χ0n) is 12.1. The van der Waals surface area contributed by atoms with Gasteiger partial charge in [0.25, 0.3) is 0 Å². The van der Waals surface area contributed by atoms with Crippen LogP contribution in [0.15, 0.2) is 22.7 Å². The minimum Gasteiger partial charge on any atom is -0.457 e. The average molecular weight is 389 g/mol. The van der Waals surface area contributed by atoms with E-state index in [-0.39, 0.29) is 5.04 Å². The van der Waals surface area contributed by atoms with Crippen LogP contribution in [0.5, 0.6) is 0 Å². The molecule has 0 saturated carbocycles. The summed E-state index contributed by atoms with van der Waals surface area (Å²) < 4.78 is 13.0. The molecule has 104 valence electrons. The first-order chi connectivity index (χ1) is 8.69. The van der Waals surface area contributed by atoms with Crippen molar-refractivity contribution in [2.24, 2.45) is 0 Å². The lowest BCUT2D eigenvalue weighted by Crippen LogP contribution is -2.40. The van der Waals surface area contributed by atoms with Gasteiger partial charge in [-0.3, -0.25) is 4.98 Å². The molecular formula is C14H20INO2Si. The van der Waals surface area contributed by atoms with Crippen LogP contribution in [0.3, 0.4) is 0 Å². The van der Waals surface area contributed by atoms with Crippen molar-refractivity contribution >= 4 is 42.0 Å². The molecule has 2 rings (SSSR count). The van der Waals surface area contributed by atoms with Crippen molar-refractivity contribution < 1.29 is 8.84 Å². The highest BCUT2D eigenvalue weighted by molar-refractivity contribution is 14.1. The van der Waals surface area contributed by atoms with Crippen molar-refractivity contribution in [3.8, 4) is 0 Å². The molecule has 0 amide bonds. The Morgan fingerprint density at radius 2 is 2.00 bits per heavy atom. The number of fused-ring (bicyclic) bond motifs is 1. The van der Waals surface area contributed by atoms with E-state index in [9.17, 15) is 0 Å². The van der Waals surface area contributed by atoms with Gasteiger partial charge in [-0.1, -0.05) is 20.8 Å². The van der Waals surface area contributed by atoms with Crippen LogP contribution in [0, 0.1) is 3.57 Å². The number of pyridine rings is 1. The molecule has 0 N–H and O–H groups in total. The summed E-state index contributed by atoms with van der Waals surface area (Å²) in [6.45, 7) is 11.7. The molecule has 2 aromatic heterocycles. The molecule has 0 fully saturated rings. The Morgan fingerprint density at radius 3 is 2.63 bits per heavy atom. The van der Waals surface area contributed by atoms with Crippen LogP contribution < -0.4 is 0 Å². The highest BCUT2D eigenvalue weighted by Gasteiger charge is 2.37. The van der Waals surface area contributed by atoms with Gasteiger partial charge in [-0.2, -0.15) is 0 Å². The normalized spacial score (nSPS) is 13.2. The Kier molecular flexibility index (Phi) is 4.09. The van der Waals surface area contributed by atoms with Crippen molar-refractivity contribution in [1.29, 1.82) is 0 Å². The van der Waals surface area contributed by atoms with Crippen molar-refractivity contribution in [3.63, 3.8) is 0 Å². The van der Waals surface area contributed by atoms with Crippen LogP contribution in [-0.2, 0) is 11.0 Å². The quantitative estimate of drug-likeness (QED) is 0.550. The lowest BCUT2D eigenvalue weighted by molar-refractivity contribution is 0.249. The van der Waals surface area contributed by atoms with Crippen LogP contribution in [0.2, 0.25) is 18.1 Å². The van der Waals surface area contributed by atoms with Gasteiger partial charge in [-0.15, -0.1) is 0 Å². The third-order valence-electron chi connectivity index (χ3n) is 3.77. The minimum absolute atomic E-state index is 0.215. The van der Waals surface area contributed by atoms with E-state index < -0.39 is 8.32 Å². The van der Waals surface area contributed by atoms with Gasteiger partial charge in [-0.05, 0) is 46.8 Å². The molecule has 3 nitrogen and oxygen atoms in total. The molecule has 0 spiro atoms. The fraction of sp³-hybridized carbons (Fsp3) is 0.500. The van der Waals surface area contributed by atoms with Gasteiger partial charge in [0.15, 0.2) is 13.9 Å². The number of halogens is 1. The Balaban J connectivity index is 2.14. The zero-order valence-corrected chi connectivity index (χ0v) is 15.2. The molecule has 2 aromatic rings. The standard InChI is InChI=1S/C14H20INO2Si/c1-14(2,3)19(4,5)17-9-11-7-12-13(18-11)6-10(15)8-16-12/h6-8H,9H2,1-5H3. The van der Waals surface area contributed by atoms with Crippen molar-refractivity contribution in [1.82, 2.24) is 4.98 Å². The third-order valence-corrected chi connectivity index (χ3v) is 8.84. The Labute approximate surface area is 129 Å². The fourth-order valence-corrected chi connectivity index (χ4v) is 2.84. The van der Waals surface area contributed by atoms with Crippen LogP contribution in [0.1, 0.15) is 26.5 Å². The monoisotopic (exact) mass is 389 g/mol. The van der Waals surface area contributed by atoms with E-state index in [1.165, 1.54) is 0 Å². The summed E-state index contributed by atoms with van der Waals surface area (Å²) in [5.41, 5.74) is 1.73. The number of hydrogen-bond donors (Lipinski definition) is 0. The second-order valence-electron chi connectivity index (χ2n) is 6.30. The van der Waals surface area contributed by atoms with Gasteiger partial charge in [0, 0.05) is 15.8 Å². The summed E-state index contributed by atoms with van der Waals surface area (Å²) in [4.78, 5) is 4.35. The molecule has 0 atom stereocenters. The summed E-state index contributed by atoms with van der Waals surface area (Å²) in [6.07, 6.45) is 1.84. The fourth-order valence-electron chi connectivity index (χ4n) is 1.48. The van der Waals surface area contributed by atoms with E-state index >= 15 is 0 Å². The van der Waals surface area contributed by atoms with E-state index in [0.717, 1.165) is 20.4 Å². The van der Waals surface area contributed by atoms with Crippen LogP contribution in [-0.4, -0.2) is 13.3 Å². The maximum absolute atomic E-state index is 6.16. The number of furan rings is 1. The summed E-state index contributed by atoms with van der Waals surface area (Å²) in [5.74, 6) is 0.856. The minimum atomic E-state index is -1.73. The molecule has 0 unspecified atom stereocenters. The van der Waals surface area contributed by atoms with E-state index in [1.54, 1.807) is 0 Å². The number of nitrogens with zero attached hydrogens (tertiary/aromatic N) is 1. The van der Waals surface area contributed by atoms with Gasteiger partial charge >= 0.3 is 0 Å². The lowest BCUT2D eigenvalue weighted by atomic mass is 10.2. The van der Waals surface area contributed by atoms with E-state index in [2.05, 4.69) is 61.4 Å². The highest BCUT2D eigenvalue weighted by Crippen LogP contribution is 2.37.